The van der Waals surface area contributed by atoms with Gasteiger partial charge < -0.3 is 14.6 Å². The molecule has 0 unspecified atom stereocenters. The third-order valence-corrected chi connectivity index (χ3v) is 5.43. The Kier molecular flexibility index (Phi) is 5.13. The highest BCUT2D eigenvalue weighted by molar-refractivity contribution is 5.67. The molecule has 6 heteroatoms. The zero-order valence-corrected chi connectivity index (χ0v) is 15.1. The van der Waals surface area contributed by atoms with Gasteiger partial charge in [0.1, 0.15) is 5.82 Å². The zero-order chi connectivity index (χ0) is 17.2. The third-order valence-electron chi connectivity index (χ3n) is 5.43. The van der Waals surface area contributed by atoms with Crippen LogP contribution in [0.15, 0.2) is 12.4 Å². The van der Waals surface area contributed by atoms with Crippen molar-refractivity contribution < 1.29 is 9.53 Å². The fourth-order valence-corrected chi connectivity index (χ4v) is 3.88. The van der Waals surface area contributed by atoms with Gasteiger partial charge in [-0.1, -0.05) is 13.8 Å². The first-order valence-electron chi connectivity index (χ1n) is 9.08. The van der Waals surface area contributed by atoms with Gasteiger partial charge >= 0.3 is 6.09 Å². The molecule has 1 saturated heterocycles. The van der Waals surface area contributed by atoms with Crippen molar-refractivity contribution in [2.75, 3.05) is 19.7 Å². The number of nitrogens with zero attached hydrogens (tertiary/aromatic N) is 3. The van der Waals surface area contributed by atoms with Crippen LogP contribution in [-0.4, -0.2) is 46.3 Å². The molecule has 1 saturated carbocycles. The van der Waals surface area contributed by atoms with Gasteiger partial charge in [-0.25, -0.2) is 9.78 Å². The van der Waals surface area contributed by atoms with Crippen molar-refractivity contribution in [1.82, 2.24) is 19.8 Å². The van der Waals surface area contributed by atoms with Crippen LogP contribution in [0.4, 0.5) is 4.79 Å². The van der Waals surface area contributed by atoms with Crippen LogP contribution in [0, 0.1) is 11.3 Å². The molecule has 2 heterocycles. The monoisotopic (exact) mass is 334 g/mol. The summed E-state index contributed by atoms with van der Waals surface area (Å²) in [4.78, 5) is 18.6. The van der Waals surface area contributed by atoms with Crippen LogP contribution in [-0.2, 0) is 18.3 Å². The molecule has 0 aromatic carbocycles. The summed E-state index contributed by atoms with van der Waals surface area (Å²) < 4.78 is 7.30. The second-order valence-electron chi connectivity index (χ2n) is 7.97. The Hall–Kier alpha value is -1.56. The van der Waals surface area contributed by atoms with E-state index in [1.54, 1.807) is 0 Å². The Morgan fingerprint density at radius 3 is 2.71 bits per heavy atom. The Bertz CT molecular complexity index is 553. The van der Waals surface area contributed by atoms with Crippen molar-refractivity contribution >= 4 is 6.09 Å². The van der Waals surface area contributed by atoms with Gasteiger partial charge in [0.25, 0.3) is 0 Å². The molecule has 2 fully saturated rings. The van der Waals surface area contributed by atoms with E-state index < -0.39 is 0 Å². The first-order chi connectivity index (χ1) is 11.5. The number of nitrogens with one attached hydrogen (secondary N) is 1. The summed E-state index contributed by atoms with van der Waals surface area (Å²) >= 11 is 0. The standard InChI is InChI=1S/C18H30N4O2/c1-14(2)13-24-17(23)20-15-10-18(11-15)4-7-22(8-5-18)12-16-19-6-9-21(16)3/h6,9,14-15H,4-5,7-8,10-13H2,1-3H3,(H,20,23). The van der Waals surface area contributed by atoms with Crippen molar-refractivity contribution in [3.05, 3.63) is 18.2 Å². The van der Waals surface area contributed by atoms with Crippen LogP contribution in [0.5, 0.6) is 0 Å². The van der Waals surface area contributed by atoms with Crippen LogP contribution in [0.2, 0.25) is 0 Å². The van der Waals surface area contributed by atoms with Crippen LogP contribution >= 0.6 is 0 Å². The van der Waals surface area contributed by atoms with E-state index in [1.807, 2.05) is 33.3 Å². The molecule has 0 radical (unpaired) electrons. The van der Waals surface area contributed by atoms with Gasteiger partial charge in [-0.3, -0.25) is 4.90 Å². The van der Waals surface area contributed by atoms with Crippen molar-refractivity contribution in [3.63, 3.8) is 0 Å². The van der Waals surface area contributed by atoms with Gasteiger partial charge in [0, 0.05) is 25.5 Å². The molecular weight excluding hydrogens is 304 g/mol. The van der Waals surface area contributed by atoms with Crippen molar-refractivity contribution in [3.8, 4) is 0 Å². The van der Waals surface area contributed by atoms with E-state index in [0.29, 0.717) is 24.0 Å². The van der Waals surface area contributed by atoms with Gasteiger partial charge in [0.2, 0.25) is 0 Å². The van der Waals surface area contributed by atoms with Crippen LogP contribution < -0.4 is 5.32 Å². The summed E-state index contributed by atoms with van der Waals surface area (Å²) in [5.74, 6) is 1.51. The summed E-state index contributed by atoms with van der Waals surface area (Å²) in [5, 5.41) is 3.01. The first kappa shape index (κ1) is 17.3. The SMILES string of the molecule is CC(C)COC(=O)NC1CC2(CCN(Cc3nccn3C)CC2)C1. The van der Waals surface area contributed by atoms with E-state index in [9.17, 15) is 4.79 Å². The number of ether oxygens (including phenoxy) is 1. The number of alkyl carbamates (subject to hydrolysis) is 1. The number of amides is 1. The van der Waals surface area contributed by atoms with Crippen LogP contribution in [0.25, 0.3) is 0 Å². The lowest BCUT2D eigenvalue weighted by atomic mass is 9.60. The maximum absolute atomic E-state index is 11.7. The smallest absolute Gasteiger partial charge is 0.407 e. The van der Waals surface area contributed by atoms with Gasteiger partial charge in [0.05, 0.1) is 13.2 Å². The number of hydrogen-bond acceptors (Lipinski definition) is 4. The molecule has 1 spiro atoms. The average Bonchev–Trinajstić information content (AvgIpc) is 2.91. The molecule has 1 aromatic rings. The highest BCUT2D eigenvalue weighted by atomic mass is 16.5. The summed E-state index contributed by atoms with van der Waals surface area (Å²) in [6.45, 7) is 7.76. The lowest BCUT2D eigenvalue weighted by Crippen LogP contribution is -2.55. The molecule has 24 heavy (non-hydrogen) atoms. The number of imidazole rings is 1. The molecule has 134 valence electrons. The predicted octanol–water partition coefficient (Wildman–Crippen LogP) is 2.55. The Labute approximate surface area is 144 Å². The van der Waals surface area contributed by atoms with Gasteiger partial charge in [-0.2, -0.15) is 0 Å². The number of piperidine rings is 1. The minimum atomic E-state index is -0.254. The van der Waals surface area contributed by atoms with Crippen LogP contribution in [0.3, 0.4) is 0 Å². The first-order valence-corrected chi connectivity index (χ1v) is 9.08. The number of rotatable bonds is 5. The molecule has 1 amide bonds. The topological polar surface area (TPSA) is 59.4 Å². The van der Waals surface area contributed by atoms with E-state index in [-0.39, 0.29) is 6.09 Å². The number of likely N-dealkylation sites (tertiary alicyclic amines) is 1. The number of aromatic nitrogens is 2. The molecule has 0 atom stereocenters. The molecule has 3 rings (SSSR count). The van der Waals surface area contributed by atoms with E-state index >= 15 is 0 Å². The summed E-state index contributed by atoms with van der Waals surface area (Å²) in [6, 6.07) is 0.297. The fraction of sp³-hybridized carbons (Fsp3) is 0.778. The molecule has 2 aliphatic rings. The van der Waals surface area contributed by atoms with Crippen molar-refractivity contribution in [2.45, 2.75) is 52.1 Å². The highest BCUT2D eigenvalue weighted by Crippen LogP contribution is 2.49. The summed E-state index contributed by atoms with van der Waals surface area (Å²) in [5.41, 5.74) is 0.439. The Morgan fingerprint density at radius 1 is 1.42 bits per heavy atom. The minimum absolute atomic E-state index is 0.254. The van der Waals surface area contributed by atoms with Crippen molar-refractivity contribution in [2.24, 2.45) is 18.4 Å². The molecule has 0 bridgehead atoms. The summed E-state index contributed by atoms with van der Waals surface area (Å²) in [7, 11) is 2.05. The zero-order valence-electron chi connectivity index (χ0n) is 15.1. The van der Waals surface area contributed by atoms with E-state index in [4.69, 9.17) is 4.74 Å². The number of hydrogen-bond donors (Lipinski definition) is 1. The second kappa shape index (κ2) is 7.13. The summed E-state index contributed by atoms with van der Waals surface area (Å²) in [6.07, 6.45) is 8.24. The lowest BCUT2D eigenvalue weighted by molar-refractivity contribution is 0.00207. The second-order valence-corrected chi connectivity index (χ2v) is 7.97. The minimum Gasteiger partial charge on any atom is -0.449 e. The maximum atomic E-state index is 11.7. The number of carbonyl (C=O) groups excluding carboxylic acids is 1. The molecule has 1 aliphatic carbocycles. The number of carbonyl (C=O) groups is 1. The van der Waals surface area contributed by atoms with Crippen molar-refractivity contribution in [1.29, 1.82) is 0 Å². The Morgan fingerprint density at radius 2 is 2.12 bits per heavy atom. The van der Waals surface area contributed by atoms with Gasteiger partial charge in [-0.05, 0) is 50.1 Å². The van der Waals surface area contributed by atoms with Gasteiger partial charge in [0.15, 0.2) is 0 Å². The molecular formula is C18H30N4O2. The molecule has 1 N–H and O–H groups in total. The quantitative estimate of drug-likeness (QED) is 0.899. The molecule has 1 aromatic heterocycles. The van der Waals surface area contributed by atoms with E-state index in [1.165, 1.54) is 12.8 Å². The fourth-order valence-electron chi connectivity index (χ4n) is 3.88. The Balaban J connectivity index is 1.37. The largest absolute Gasteiger partial charge is 0.449 e. The van der Waals surface area contributed by atoms with E-state index in [0.717, 1.165) is 38.3 Å². The van der Waals surface area contributed by atoms with Crippen LogP contribution in [0.1, 0.15) is 45.4 Å². The normalized spacial score (nSPS) is 21.0. The maximum Gasteiger partial charge on any atom is 0.407 e. The lowest BCUT2D eigenvalue weighted by Gasteiger charge is -2.52. The predicted molar refractivity (Wildman–Crippen MR) is 92.5 cm³/mol. The van der Waals surface area contributed by atoms with Gasteiger partial charge in [-0.15, -0.1) is 0 Å². The highest BCUT2D eigenvalue weighted by Gasteiger charge is 2.46. The number of aryl methyl sites for hydroxylation is 1. The molecule has 6 nitrogen and oxygen atoms in total. The van der Waals surface area contributed by atoms with E-state index in [2.05, 4.69) is 19.8 Å². The third kappa shape index (κ3) is 4.09. The average molecular weight is 334 g/mol. The molecule has 1 aliphatic heterocycles.